The van der Waals surface area contributed by atoms with Crippen LogP contribution in [0.4, 0.5) is 4.79 Å². The fourth-order valence-electron chi connectivity index (χ4n) is 2.30. The summed E-state index contributed by atoms with van der Waals surface area (Å²) in [6.45, 7) is 6.39. The Balaban J connectivity index is 2.68. The summed E-state index contributed by atoms with van der Waals surface area (Å²) in [7, 11) is 1.64. The molecule has 1 unspecified atom stereocenters. The van der Waals surface area contributed by atoms with Gasteiger partial charge in [0.1, 0.15) is 6.54 Å². The normalized spacial score (nSPS) is 14.0. The lowest BCUT2D eigenvalue weighted by Crippen LogP contribution is -2.46. The number of carbonyl (C=O) groups excluding carboxylic acids is 3. The first-order valence-corrected chi connectivity index (χ1v) is 8.14. The standard InChI is InChI=1S/C18H26N2O5/c1-6-18(4,15-10-8-7-9-11-15)20(5)17(23)25-14(3)24-16(22)12-19-13(2)21/h7-11,14H,6,12H2,1-5H3,(H,19,21)/t14-,18?/m0/s1. The summed E-state index contributed by atoms with van der Waals surface area (Å²) in [5, 5.41) is 2.32. The van der Waals surface area contributed by atoms with Crippen molar-refractivity contribution in [1.29, 1.82) is 0 Å². The Morgan fingerprint density at radius 3 is 2.32 bits per heavy atom. The zero-order valence-corrected chi connectivity index (χ0v) is 15.4. The van der Waals surface area contributed by atoms with Gasteiger partial charge in [-0.05, 0) is 18.9 Å². The zero-order chi connectivity index (χ0) is 19.0. The first-order valence-electron chi connectivity index (χ1n) is 8.14. The van der Waals surface area contributed by atoms with Crippen LogP contribution in [0.5, 0.6) is 0 Å². The van der Waals surface area contributed by atoms with Gasteiger partial charge in [-0.15, -0.1) is 0 Å². The van der Waals surface area contributed by atoms with Crippen molar-refractivity contribution in [2.45, 2.75) is 45.9 Å². The van der Waals surface area contributed by atoms with E-state index in [1.807, 2.05) is 44.2 Å². The largest absolute Gasteiger partial charge is 0.424 e. The molecule has 0 bridgehead atoms. The molecule has 7 heteroatoms. The van der Waals surface area contributed by atoms with E-state index in [4.69, 9.17) is 9.47 Å². The molecule has 0 heterocycles. The Hall–Kier alpha value is -2.57. The minimum Gasteiger partial charge on any atom is -0.424 e. The second-order valence-electron chi connectivity index (χ2n) is 5.90. The molecule has 1 aromatic rings. The smallest absolute Gasteiger partial charge is 0.413 e. The molecule has 0 radical (unpaired) electrons. The number of ether oxygens (including phenoxy) is 2. The summed E-state index contributed by atoms with van der Waals surface area (Å²) in [6, 6.07) is 9.63. The first-order chi connectivity index (χ1) is 11.7. The van der Waals surface area contributed by atoms with Crippen LogP contribution in [0.25, 0.3) is 0 Å². The van der Waals surface area contributed by atoms with E-state index in [0.29, 0.717) is 6.42 Å². The number of nitrogens with one attached hydrogen (secondary N) is 1. The highest BCUT2D eigenvalue weighted by Crippen LogP contribution is 2.31. The summed E-state index contributed by atoms with van der Waals surface area (Å²) in [6.07, 6.45) is -0.986. The van der Waals surface area contributed by atoms with Crippen LogP contribution in [-0.2, 0) is 24.6 Å². The molecular weight excluding hydrogens is 324 g/mol. The van der Waals surface area contributed by atoms with Crippen LogP contribution in [0.1, 0.15) is 39.7 Å². The molecular formula is C18H26N2O5. The molecule has 0 aliphatic heterocycles. The van der Waals surface area contributed by atoms with E-state index >= 15 is 0 Å². The fraction of sp³-hybridized carbons (Fsp3) is 0.500. The molecule has 0 saturated carbocycles. The number of hydrogen-bond acceptors (Lipinski definition) is 5. The van der Waals surface area contributed by atoms with E-state index in [9.17, 15) is 14.4 Å². The fourth-order valence-corrected chi connectivity index (χ4v) is 2.30. The molecule has 0 spiro atoms. The summed E-state index contributed by atoms with van der Waals surface area (Å²) in [4.78, 5) is 36.2. The Morgan fingerprint density at radius 2 is 1.80 bits per heavy atom. The van der Waals surface area contributed by atoms with Crippen LogP contribution in [0.3, 0.4) is 0 Å². The highest BCUT2D eigenvalue weighted by molar-refractivity contribution is 5.80. The molecule has 0 fully saturated rings. The van der Waals surface area contributed by atoms with Crippen molar-refractivity contribution in [1.82, 2.24) is 10.2 Å². The third kappa shape index (κ3) is 5.77. The van der Waals surface area contributed by atoms with E-state index in [1.54, 1.807) is 7.05 Å². The molecule has 1 aromatic carbocycles. The Labute approximate surface area is 148 Å². The Bertz CT molecular complexity index is 605. The number of benzene rings is 1. The molecule has 138 valence electrons. The maximum Gasteiger partial charge on any atom is 0.413 e. The minimum atomic E-state index is -1.06. The van der Waals surface area contributed by atoms with Crippen LogP contribution < -0.4 is 5.32 Å². The van der Waals surface area contributed by atoms with Gasteiger partial charge in [-0.1, -0.05) is 37.3 Å². The molecule has 1 N–H and O–H groups in total. The van der Waals surface area contributed by atoms with E-state index in [-0.39, 0.29) is 12.5 Å². The topological polar surface area (TPSA) is 84.9 Å². The molecule has 25 heavy (non-hydrogen) atoms. The Morgan fingerprint density at radius 1 is 1.20 bits per heavy atom. The number of amides is 2. The van der Waals surface area contributed by atoms with Gasteiger partial charge in [-0.2, -0.15) is 0 Å². The monoisotopic (exact) mass is 350 g/mol. The van der Waals surface area contributed by atoms with Gasteiger partial charge in [0, 0.05) is 20.9 Å². The van der Waals surface area contributed by atoms with Crippen LogP contribution >= 0.6 is 0 Å². The van der Waals surface area contributed by atoms with Crippen molar-refractivity contribution >= 4 is 18.0 Å². The average molecular weight is 350 g/mol. The second kappa shape index (κ2) is 9.05. The van der Waals surface area contributed by atoms with E-state index in [0.717, 1.165) is 5.56 Å². The number of nitrogens with zero attached hydrogens (tertiary/aromatic N) is 1. The molecule has 7 nitrogen and oxygen atoms in total. The molecule has 2 amide bonds. The average Bonchev–Trinajstić information content (AvgIpc) is 2.59. The van der Waals surface area contributed by atoms with E-state index in [1.165, 1.54) is 18.7 Å². The van der Waals surface area contributed by atoms with E-state index in [2.05, 4.69) is 5.32 Å². The quantitative estimate of drug-likeness (QED) is 0.603. The van der Waals surface area contributed by atoms with Crippen LogP contribution in [0.15, 0.2) is 30.3 Å². The van der Waals surface area contributed by atoms with Crippen molar-refractivity contribution in [3.63, 3.8) is 0 Å². The van der Waals surface area contributed by atoms with Crippen molar-refractivity contribution in [2.75, 3.05) is 13.6 Å². The van der Waals surface area contributed by atoms with Crippen LogP contribution in [-0.4, -0.2) is 42.8 Å². The first kappa shape index (κ1) is 20.5. The zero-order valence-electron chi connectivity index (χ0n) is 15.4. The maximum absolute atomic E-state index is 12.4. The van der Waals surface area contributed by atoms with Crippen molar-refractivity contribution in [3.8, 4) is 0 Å². The highest BCUT2D eigenvalue weighted by atomic mass is 16.7. The number of carbonyl (C=O) groups is 3. The van der Waals surface area contributed by atoms with Gasteiger partial charge in [0.15, 0.2) is 0 Å². The van der Waals surface area contributed by atoms with Crippen molar-refractivity contribution < 1.29 is 23.9 Å². The molecule has 2 atom stereocenters. The van der Waals surface area contributed by atoms with Gasteiger partial charge in [0.05, 0.1) is 5.54 Å². The third-order valence-corrected chi connectivity index (χ3v) is 4.14. The second-order valence-corrected chi connectivity index (χ2v) is 5.90. The lowest BCUT2D eigenvalue weighted by molar-refractivity contribution is -0.166. The lowest BCUT2D eigenvalue weighted by Gasteiger charge is -2.38. The molecule has 0 saturated heterocycles. The number of hydrogen-bond donors (Lipinski definition) is 1. The molecule has 0 aliphatic rings. The number of rotatable bonds is 7. The lowest BCUT2D eigenvalue weighted by atomic mass is 9.88. The van der Waals surface area contributed by atoms with Gasteiger partial charge in [0.2, 0.25) is 12.2 Å². The van der Waals surface area contributed by atoms with Crippen molar-refractivity contribution in [3.05, 3.63) is 35.9 Å². The van der Waals surface area contributed by atoms with Gasteiger partial charge in [-0.25, -0.2) is 4.79 Å². The van der Waals surface area contributed by atoms with E-state index < -0.39 is 23.9 Å². The number of esters is 1. The van der Waals surface area contributed by atoms with Gasteiger partial charge >= 0.3 is 12.1 Å². The molecule has 0 aliphatic carbocycles. The van der Waals surface area contributed by atoms with Gasteiger partial charge in [-0.3, -0.25) is 9.59 Å². The maximum atomic E-state index is 12.4. The van der Waals surface area contributed by atoms with Gasteiger partial charge in [0.25, 0.3) is 0 Å². The summed E-state index contributed by atoms with van der Waals surface area (Å²) >= 11 is 0. The highest BCUT2D eigenvalue weighted by Gasteiger charge is 2.34. The van der Waals surface area contributed by atoms with Crippen LogP contribution in [0, 0.1) is 0 Å². The predicted octanol–water partition coefficient (Wildman–Crippen LogP) is 2.41. The van der Waals surface area contributed by atoms with Gasteiger partial charge < -0.3 is 19.7 Å². The predicted molar refractivity (Wildman–Crippen MR) is 92.6 cm³/mol. The summed E-state index contributed by atoms with van der Waals surface area (Å²) < 4.78 is 10.1. The third-order valence-electron chi connectivity index (χ3n) is 4.14. The molecule has 0 aromatic heterocycles. The summed E-state index contributed by atoms with van der Waals surface area (Å²) in [5.74, 6) is -1.03. The minimum absolute atomic E-state index is 0.274. The van der Waals surface area contributed by atoms with Crippen molar-refractivity contribution in [2.24, 2.45) is 0 Å². The summed E-state index contributed by atoms with van der Waals surface area (Å²) in [5.41, 5.74) is 0.422. The molecule has 1 rings (SSSR count). The Kier molecular flexibility index (Phi) is 7.42. The van der Waals surface area contributed by atoms with Crippen LogP contribution in [0.2, 0.25) is 0 Å². The SMILES string of the molecule is CCC(C)(c1ccccc1)N(C)C(=O)O[C@@H](C)OC(=O)CNC(C)=O.